The van der Waals surface area contributed by atoms with Gasteiger partial charge in [0.2, 0.25) is 6.10 Å². The number of nitrogens with zero attached hydrogens (tertiary/aromatic N) is 2. The van der Waals surface area contributed by atoms with Gasteiger partial charge in [0, 0.05) is 6.92 Å². The zero-order valence-electron chi connectivity index (χ0n) is 14.1. The first-order valence-electron chi connectivity index (χ1n) is 8.10. The number of benzene rings is 2. The van der Waals surface area contributed by atoms with Gasteiger partial charge in [-0.2, -0.15) is 5.26 Å². The van der Waals surface area contributed by atoms with Gasteiger partial charge < -0.3 is 4.74 Å². The average Bonchev–Trinajstić information content (AvgIpc) is 2.90. The lowest BCUT2D eigenvalue weighted by atomic mass is 10.00. The van der Waals surface area contributed by atoms with E-state index in [0.717, 1.165) is 10.5 Å². The van der Waals surface area contributed by atoms with Crippen LogP contribution in [0, 0.1) is 11.3 Å². The standard InChI is InChI=1S/C20H16N2O4/c1-13(23)26-18(12-21)17(11-14-7-3-2-4-8-14)22-19(24)15-9-5-6-10-16(15)20(22)25/h2-10,17-18H,11H2,1H3/t17-,18+/m0/s1. The summed E-state index contributed by atoms with van der Waals surface area (Å²) in [4.78, 5) is 38.0. The monoisotopic (exact) mass is 348 g/mol. The Morgan fingerprint density at radius 2 is 1.58 bits per heavy atom. The minimum absolute atomic E-state index is 0.206. The number of imide groups is 1. The summed E-state index contributed by atoms with van der Waals surface area (Å²) in [5, 5.41) is 9.50. The van der Waals surface area contributed by atoms with Crippen LogP contribution in [0.4, 0.5) is 0 Å². The van der Waals surface area contributed by atoms with Gasteiger partial charge >= 0.3 is 5.97 Å². The minimum atomic E-state index is -1.25. The lowest BCUT2D eigenvalue weighted by Gasteiger charge is -2.29. The van der Waals surface area contributed by atoms with Crippen molar-refractivity contribution in [2.75, 3.05) is 0 Å². The van der Waals surface area contributed by atoms with Crippen molar-refractivity contribution in [3.63, 3.8) is 0 Å². The molecule has 1 heterocycles. The van der Waals surface area contributed by atoms with E-state index in [9.17, 15) is 19.6 Å². The van der Waals surface area contributed by atoms with Gasteiger partial charge in [0.25, 0.3) is 11.8 Å². The van der Waals surface area contributed by atoms with E-state index >= 15 is 0 Å². The molecule has 0 aromatic heterocycles. The van der Waals surface area contributed by atoms with Crippen molar-refractivity contribution in [1.82, 2.24) is 4.90 Å². The summed E-state index contributed by atoms with van der Waals surface area (Å²) in [7, 11) is 0. The van der Waals surface area contributed by atoms with Gasteiger partial charge in [0.1, 0.15) is 6.07 Å². The molecule has 1 aliphatic heterocycles. The predicted molar refractivity (Wildman–Crippen MR) is 92.0 cm³/mol. The SMILES string of the molecule is CC(=O)O[C@H](C#N)[C@H](Cc1ccccc1)N1C(=O)c2ccccc2C1=O. The molecule has 2 aromatic rings. The van der Waals surface area contributed by atoms with E-state index in [-0.39, 0.29) is 17.5 Å². The minimum Gasteiger partial charge on any atom is -0.445 e. The summed E-state index contributed by atoms with van der Waals surface area (Å²) in [6, 6.07) is 16.6. The molecule has 0 aliphatic carbocycles. The molecule has 0 saturated heterocycles. The highest BCUT2D eigenvalue weighted by molar-refractivity contribution is 6.21. The molecule has 0 spiro atoms. The molecule has 2 aromatic carbocycles. The second-order valence-corrected chi connectivity index (χ2v) is 5.94. The molecule has 130 valence electrons. The molecule has 3 rings (SSSR count). The number of rotatable bonds is 5. The zero-order valence-corrected chi connectivity index (χ0v) is 14.1. The maximum atomic E-state index is 12.8. The fraction of sp³-hybridized carbons (Fsp3) is 0.200. The molecule has 0 fully saturated rings. The lowest BCUT2D eigenvalue weighted by molar-refractivity contribution is -0.145. The second kappa shape index (κ2) is 7.19. The van der Waals surface area contributed by atoms with Gasteiger partial charge in [-0.15, -0.1) is 0 Å². The van der Waals surface area contributed by atoms with Crippen LogP contribution in [0.3, 0.4) is 0 Å². The third-order valence-corrected chi connectivity index (χ3v) is 4.21. The van der Waals surface area contributed by atoms with Gasteiger partial charge in [-0.3, -0.25) is 19.3 Å². The third-order valence-electron chi connectivity index (χ3n) is 4.21. The summed E-state index contributed by atoms with van der Waals surface area (Å²) >= 11 is 0. The molecule has 26 heavy (non-hydrogen) atoms. The summed E-state index contributed by atoms with van der Waals surface area (Å²) in [5.41, 5.74) is 1.40. The van der Waals surface area contributed by atoms with Crippen molar-refractivity contribution in [3.8, 4) is 6.07 Å². The molecule has 6 heteroatoms. The summed E-state index contributed by atoms with van der Waals surface area (Å²) in [5.74, 6) is -1.62. The van der Waals surface area contributed by atoms with E-state index < -0.39 is 29.9 Å². The number of hydrogen-bond donors (Lipinski definition) is 0. The molecule has 0 unspecified atom stereocenters. The van der Waals surface area contributed by atoms with E-state index in [0.29, 0.717) is 0 Å². The van der Waals surface area contributed by atoms with Crippen LogP contribution in [-0.4, -0.2) is 34.8 Å². The summed E-state index contributed by atoms with van der Waals surface area (Å²) < 4.78 is 5.10. The van der Waals surface area contributed by atoms with Crippen LogP contribution >= 0.6 is 0 Å². The van der Waals surface area contributed by atoms with Crippen LogP contribution in [0.5, 0.6) is 0 Å². The van der Waals surface area contributed by atoms with E-state index in [2.05, 4.69) is 0 Å². The van der Waals surface area contributed by atoms with Crippen LogP contribution in [0.2, 0.25) is 0 Å². The first-order valence-corrected chi connectivity index (χ1v) is 8.10. The highest BCUT2D eigenvalue weighted by Gasteiger charge is 2.43. The van der Waals surface area contributed by atoms with Crippen LogP contribution in [0.25, 0.3) is 0 Å². The van der Waals surface area contributed by atoms with Crippen molar-refractivity contribution in [2.24, 2.45) is 0 Å². The van der Waals surface area contributed by atoms with Crippen LogP contribution in [0.15, 0.2) is 54.6 Å². The van der Waals surface area contributed by atoms with Gasteiger partial charge in [-0.05, 0) is 24.1 Å². The first-order chi connectivity index (χ1) is 12.5. The number of nitriles is 1. The van der Waals surface area contributed by atoms with E-state index in [1.807, 2.05) is 36.4 Å². The Bertz CT molecular complexity index is 867. The lowest BCUT2D eigenvalue weighted by Crippen LogP contribution is -2.49. The van der Waals surface area contributed by atoms with Crippen LogP contribution in [-0.2, 0) is 16.0 Å². The van der Waals surface area contributed by atoms with Gasteiger partial charge in [-0.25, -0.2) is 0 Å². The molecule has 0 bridgehead atoms. The van der Waals surface area contributed by atoms with Crippen LogP contribution < -0.4 is 0 Å². The van der Waals surface area contributed by atoms with Crippen molar-refractivity contribution >= 4 is 17.8 Å². The molecule has 2 amide bonds. The van der Waals surface area contributed by atoms with Gasteiger partial charge in [0.15, 0.2) is 0 Å². The largest absolute Gasteiger partial charge is 0.445 e. The fourth-order valence-electron chi connectivity index (χ4n) is 3.07. The topological polar surface area (TPSA) is 87.5 Å². The van der Waals surface area contributed by atoms with Gasteiger partial charge in [-0.1, -0.05) is 42.5 Å². The van der Waals surface area contributed by atoms with Crippen molar-refractivity contribution in [2.45, 2.75) is 25.5 Å². The van der Waals surface area contributed by atoms with Crippen molar-refractivity contribution in [3.05, 3.63) is 71.3 Å². The number of amides is 2. The van der Waals surface area contributed by atoms with Crippen LogP contribution in [0.1, 0.15) is 33.2 Å². The van der Waals surface area contributed by atoms with Gasteiger partial charge in [0.05, 0.1) is 17.2 Å². The second-order valence-electron chi connectivity index (χ2n) is 5.94. The smallest absolute Gasteiger partial charge is 0.304 e. The highest BCUT2D eigenvalue weighted by Crippen LogP contribution is 2.28. The predicted octanol–water partition coefficient (Wildman–Crippen LogP) is 2.35. The Morgan fingerprint density at radius 1 is 1.04 bits per heavy atom. The Kier molecular flexibility index (Phi) is 4.81. The molecular formula is C20H16N2O4. The maximum Gasteiger partial charge on any atom is 0.304 e. The number of carbonyl (C=O) groups excluding carboxylic acids is 3. The van der Waals surface area contributed by atoms with Crippen molar-refractivity contribution in [1.29, 1.82) is 5.26 Å². The molecule has 0 N–H and O–H groups in total. The van der Waals surface area contributed by atoms with Crippen molar-refractivity contribution < 1.29 is 19.1 Å². The normalized spacial score (nSPS) is 15.2. The summed E-state index contributed by atoms with van der Waals surface area (Å²) in [6.07, 6.45) is -1.05. The first kappa shape index (κ1) is 17.4. The number of ether oxygens (including phenoxy) is 1. The number of fused-ring (bicyclic) bond motifs is 1. The molecule has 6 nitrogen and oxygen atoms in total. The zero-order chi connectivity index (χ0) is 18.7. The molecule has 0 radical (unpaired) electrons. The maximum absolute atomic E-state index is 12.8. The van der Waals surface area contributed by atoms with E-state index in [1.54, 1.807) is 24.3 Å². The average molecular weight is 348 g/mol. The summed E-state index contributed by atoms with van der Waals surface area (Å²) in [6.45, 7) is 1.19. The Morgan fingerprint density at radius 3 is 2.08 bits per heavy atom. The molecular weight excluding hydrogens is 332 g/mol. The molecule has 2 atom stereocenters. The number of hydrogen-bond acceptors (Lipinski definition) is 5. The highest BCUT2D eigenvalue weighted by atomic mass is 16.5. The Labute approximate surface area is 150 Å². The quantitative estimate of drug-likeness (QED) is 0.611. The fourth-order valence-corrected chi connectivity index (χ4v) is 3.07. The Balaban J connectivity index is 2.01. The van der Waals surface area contributed by atoms with E-state index in [4.69, 9.17) is 4.74 Å². The molecule has 0 saturated carbocycles. The Hall–Kier alpha value is -3.46. The third kappa shape index (κ3) is 3.20. The molecule has 1 aliphatic rings. The number of esters is 1. The van der Waals surface area contributed by atoms with E-state index in [1.165, 1.54) is 6.92 Å². The number of carbonyl (C=O) groups is 3.